The van der Waals surface area contributed by atoms with Crippen LogP contribution in [0.15, 0.2) is 35.9 Å². The molecule has 0 fully saturated rings. The number of carbonyl (C=O) groups is 1. The molecule has 2 rings (SSSR count). The van der Waals surface area contributed by atoms with Crippen LogP contribution in [-0.2, 0) is 14.8 Å². The van der Waals surface area contributed by atoms with Crippen LogP contribution in [0.3, 0.4) is 0 Å². The van der Waals surface area contributed by atoms with Gasteiger partial charge in [0.05, 0.1) is 11.9 Å². The Morgan fingerprint density at radius 2 is 1.96 bits per heavy atom. The van der Waals surface area contributed by atoms with Crippen LogP contribution in [0.2, 0.25) is 0 Å². The van der Waals surface area contributed by atoms with Crippen LogP contribution in [0.25, 0.3) is 0 Å². The van der Waals surface area contributed by atoms with Crippen molar-refractivity contribution in [3.63, 3.8) is 0 Å². The molecule has 0 heterocycles. The molecule has 132 valence electrons. The molecule has 0 saturated heterocycles. The Morgan fingerprint density at radius 3 is 2.54 bits per heavy atom. The van der Waals surface area contributed by atoms with Crippen LogP contribution >= 0.6 is 0 Å². The summed E-state index contributed by atoms with van der Waals surface area (Å²) in [5.74, 6) is 0.353. The number of ether oxygens (including phenoxy) is 1. The van der Waals surface area contributed by atoms with Gasteiger partial charge in [0.25, 0.3) is 5.91 Å². The Balaban J connectivity index is 1.79. The molecule has 24 heavy (non-hydrogen) atoms. The minimum absolute atomic E-state index is 0.0610. The van der Waals surface area contributed by atoms with E-state index in [-0.39, 0.29) is 12.5 Å². The SMILES string of the molecule is CN(c1ccc(OCC(=O)NCC2=CCCCC2)cc1)S(C)(=O)=O. The Labute approximate surface area is 143 Å². The molecular weight excluding hydrogens is 328 g/mol. The number of hydrogen-bond acceptors (Lipinski definition) is 4. The number of allylic oxidation sites excluding steroid dienone is 1. The van der Waals surface area contributed by atoms with Crippen molar-refractivity contribution in [2.45, 2.75) is 25.7 Å². The van der Waals surface area contributed by atoms with E-state index in [1.165, 1.54) is 29.8 Å². The Hall–Kier alpha value is -2.02. The number of carbonyl (C=O) groups excluding carboxylic acids is 1. The van der Waals surface area contributed by atoms with Crippen molar-refractivity contribution >= 4 is 21.6 Å². The normalized spacial score (nSPS) is 14.7. The lowest BCUT2D eigenvalue weighted by atomic mass is 10.00. The number of rotatable bonds is 7. The fourth-order valence-corrected chi connectivity index (χ4v) is 2.93. The van der Waals surface area contributed by atoms with E-state index < -0.39 is 10.0 Å². The van der Waals surface area contributed by atoms with Crippen LogP contribution in [0.1, 0.15) is 25.7 Å². The van der Waals surface area contributed by atoms with Gasteiger partial charge in [-0.1, -0.05) is 11.6 Å². The number of nitrogens with zero attached hydrogens (tertiary/aromatic N) is 1. The van der Waals surface area contributed by atoms with Crippen LogP contribution in [-0.4, -0.2) is 40.8 Å². The van der Waals surface area contributed by atoms with Gasteiger partial charge in [-0.15, -0.1) is 0 Å². The highest BCUT2D eigenvalue weighted by Crippen LogP contribution is 2.20. The van der Waals surface area contributed by atoms with Gasteiger partial charge in [0, 0.05) is 13.6 Å². The first-order valence-corrected chi connectivity index (χ1v) is 9.82. The molecule has 0 aromatic heterocycles. The molecule has 7 heteroatoms. The second kappa shape index (κ2) is 8.19. The molecule has 6 nitrogen and oxygen atoms in total. The van der Waals surface area contributed by atoms with E-state index in [2.05, 4.69) is 11.4 Å². The first-order valence-electron chi connectivity index (χ1n) is 7.97. The first kappa shape index (κ1) is 18.3. The molecule has 1 aromatic carbocycles. The minimum atomic E-state index is -3.29. The Kier molecular flexibility index (Phi) is 6.25. The summed E-state index contributed by atoms with van der Waals surface area (Å²) >= 11 is 0. The topological polar surface area (TPSA) is 75.7 Å². The van der Waals surface area contributed by atoms with Crippen molar-refractivity contribution in [2.24, 2.45) is 0 Å². The van der Waals surface area contributed by atoms with E-state index >= 15 is 0 Å². The van der Waals surface area contributed by atoms with Crippen LogP contribution < -0.4 is 14.4 Å². The van der Waals surface area contributed by atoms with E-state index in [1.807, 2.05) is 0 Å². The zero-order chi connectivity index (χ0) is 17.6. The highest BCUT2D eigenvalue weighted by molar-refractivity contribution is 7.92. The van der Waals surface area contributed by atoms with Gasteiger partial charge >= 0.3 is 0 Å². The van der Waals surface area contributed by atoms with E-state index in [0.717, 1.165) is 19.1 Å². The third-order valence-corrected chi connectivity index (χ3v) is 5.17. The number of sulfonamides is 1. The monoisotopic (exact) mass is 352 g/mol. The lowest BCUT2D eigenvalue weighted by Gasteiger charge is -2.17. The molecule has 0 atom stereocenters. The molecule has 0 bridgehead atoms. The third-order valence-electron chi connectivity index (χ3n) is 3.97. The van der Waals surface area contributed by atoms with Crippen molar-refractivity contribution < 1.29 is 17.9 Å². The van der Waals surface area contributed by atoms with Gasteiger partial charge in [0.2, 0.25) is 10.0 Å². The predicted octanol–water partition coefficient (Wildman–Crippen LogP) is 2.08. The van der Waals surface area contributed by atoms with Gasteiger partial charge in [0.15, 0.2) is 6.61 Å². The summed E-state index contributed by atoms with van der Waals surface area (Å²) in [5, 5.41) is 2.85. The van der Waals surface area contributed by atoms with Crippen LogP contribution in [0, 0.1) is 0 Å². The molecule has 1 aliphatic carbocycles. The summed E-state index contributed by atoms with van der Waals surface area (Å²) in [6, 6.07) is 6.57. The molecule has 0 radical (unpaired) electrons. The quantitative estimate of drug-likeness (QED) is 0.762. The minimum Gasteiger partial charge on any atom is -0.484 e. The van der Waals surface area contributed by atoms with Gasteiger partial charge in [-0.2, -0.15) is 0 Å². The summed E-state index contributed by atoms with van der Waals surface area (Å²) in [4.78, 5) is 11.8. The molecule has 1 aliphatic rings. The summed E-state index contributed by atoms with van der Waals surface area (Å²) < 4.78 is 29.6. The first-order chi connectivity index (χ1) is 11.4. The second-order valence-electron chi connectivity index (χ2n) is 5.90. The van der Waals surface area contributed by atoms with Crippen molar-refractivity contribution in [3.05, 3.63) is 35.9 Å². The fourth-order valence-electron chi connectivity index (χ4n) is 2.42. The maximum absolute atomic E-state index is 11.8. The predicted molar refractivity (Wildman–Crippen MR) is 94.7 cm³/mol. The maximum atomic E-state index is 11.8. The number of amides is 1. The van der Waals surface area contributed by atoms with Gasteiger partial charge in [-0.05, 0) is 49.9 Å². The van der Waals surface area contributed by atoms with Crippen molar-refractivity contribution in [3.8, 4) is 5.75 Å². The summed E-state index contributed by atoms with van der Waals surface area (Å²) in [5.41, 5.74) is 1.82. The molecule has 0 aliphatic heterocycles. The molecule has 0 saturated carbocycles. The van der Waals surface area contributed by atoms with Crippen molar-refractivity contribution in [1.29, 1.82) is 0 Å². The van der Waals surface area contributed by atoms with Crippen molar-refractivity contribution in [1.82, 2.24) is 5.32 Å². The Bertz CT molecular complexity index is 696. The summed E-state index contributed by atoms with van der Waals surface area (Å²) in [7, 11) is -1.80. The molecular formula is C17H24N2O4S. The zero-order valence-electron chi connectivity index (χ0n) is 14.1. The average Bonchev–Trinajstić information content (AvgIpc) is 2.58. The Morgan fingerprint density at radius 1 is 1.25 bits per heavy atom. The van der Waals surface area contributed by atoms with E-state index in [1.54, 1.807) is 24.3 Å². The summed E-state index contributed by atoms with van der Waals surface area (Å²) in [6.07, 6.45) is 7.90. The zero-order valence-corrected chi connectivity index (χ0v) is 14.9. The standard InChI is InChI=1S/C17H24N2O4S/c1-19(24(2,21)22)15-8-10-16(11-9-15)23-13-17(20)18-12-14-6-4-3-5-7-14/h6,8-11H,3-5,7,12-13H2,1-2H3,(H,18,20). The number of benzene rings is 1. The highest BCUT2D eigenvalue weighted by Gasteiger charge is 2.12. The average molecular weight is 352 g/mol. The van der Waals surface area contributed by atoms with Gasteiger partial charge in [0.1, 0.15) is 5.75 Å². The fraction of sp³-hybridized carbons (Fsp3) is 0.471. The molecule has 0 spiro atoms. The van der Waals surface area contributed by atoms with Crippen molar-refractivity contribution in [2.75, 3.05) is 30.8 Å². The maximum Gasteiger partial charge on any atom is 0.258 e. The van der Waals surface area contributed by atoms with Crippen LogP contribution in [0.4, 0.5) is 5.69 Å². The summed E-state index contributed by atoms with van der Waals surface area (Å²) in [6.45, 7) is 0.523. The number of nitrogens with one attached hydrogen (secondary N) is 1. The number of hydrogen-bond donors (Lipinski definition) is 1. The molecule has 1 aromatic rings. The highest BCUT2D eigenvalue weighted by atomic mass is 32.2. The van der Waals surface area contributed by atoms with Gasteiger partial charge in [-0.25, -0.2) is 8.42 Å². The van der Waals surface area contributed by atoms with Gasteiger partial charge < -0.3 is 10.1 Å². The molecule has 1 N–H and O–H groups in total. The smallest absolute Gasteiger partial charge is 0.258 e. The molecule has 1 amide bonds. The lowest BCUT2D eigenvalue weighted by Crippen LogP contribution is -2.30. The second-order valence-corrected chi connectivity index (χ2v) is 7.91. The number of anilines is 1. The van der Waals surface area contributed by atoms with E-state index in [4.69, 9.17) is 4.74 Å². The third kappa shape index (κ3) is 5.56. The van der Waals surface area contributed by atoms with E-state index in [0.29, 0.717) is 18.0 Å². The largest absolute Gasteiger partial charge is 0.484 e. The lowest BCUT2D eigenvalue weighted by molar-refractivity contribution is -0.122. The van der Waals surface area contributed by atoms with E-state index in [9.17, 15) is 13.2 Å². The molecule has 0 unspecified atom stereocenters. The van der Waals surface area contributed by atoms with Crippen LogP contribution in [0.5, 0.6) is 5.75 Å². The van der Waals surface area contributed by atoms with Gasteiger partial charge in [-0.3, -0.25) is 9.10 Å².